The molecule has 10 nitrogen and oxygen atoms in total. The SMILES string of the molecule is C#Cc1c(F)ccc2cc(O)cc(-c3ncc4c(N5CC6CCC(C5)N6C(=O)C(=N)c5cccc(C)c5)nc(OCC56CCCN5CCC6)nc4c3F)c12. The van der Waals surface area contributed by atoms with Crippen LogP contribution in [0.4, 0.5) is 14.6 Å². The van der Waals surface area contributed by atoms with E-state index in [0.717, 1.165) is 57.2 Å². The van der Waals surface area contributed by atoms with E-state index in [4.69, 9.17) is 21.6 Å². The van der Waals surface area contributed by atoms with Gasteiger partial charge in [-0.05, 0) is 88.2 Å². The Bertz CT molecular complexity index is 2410. The Morgan fingerprint density at radius 1 is 1.07 bits per heavy atom. The van der Waals surface area contributed by atoms with Crippen molar-refractivity contribution in [3.63, 3.8) is 0 Å². The number of phenolic OH excluding ortho intramolecular Hbond substituents is 1. The number of amides is 1. The molecule has 4 aliphatic rings. The lowest BCUT2D eigenvalue weighted by atomic mass is 9.95. The van der Waals surface area contributed by atoms with Crippen molar-refractivity contribution < 1.29 is 23.4 Å². The number of rotatable bonds is 7. The number of hydrogen-bond donors (Lipinski definition) is 2. The molecule has 54 heavy (non-hydrogen) atoms. The van der Waals surface area contributed by atoms with Crippen molar-refractivity contribution in [2.75, 3.05) is 37.7 Å². The third-order valence-corrected chi connectivity index (χ3v) is 11.9. The molecule has 1 amide bonds. The maximum Gasteiger partial charge on any atom is 0.319 e. The summed E-state index contributed by atoms with van der Waals surface area (Å²) in [6.07, 6.45) is 12.9. The summed E-state index contributed by atoms with van der Waals surface area (Å²) in [5.41, 5.74) is 1.30. The van der Waals surface area contributed by atoms with Gasteiger partial charge >= 0.3 is 6.01 Å². The van der Waals surface area contributed by atoms with Crippen LogP contribution in [0.3, 0.4) is 0 Å². The van der Waals surface area contributed by atoms with Crippen LogP contribution in [0.15, 0.2) is 54.7 Å². The number of aromatic hydroxyl groups is 1. The molecule has 4 fully saturated rings. The minimum absolute atomic E-state index is 0.0323. The van der Waals surface area contributed by atoms with E-state index in [-0.39, 0.29) is 68.7 Å². The highest BCUT2D eigenvalue weighted by molar-refractivity contribution is 6.44. The maximum absolute atomic E-state index is 17.1. The molecule has 2 atom stereocenters. The van der Waals surface area contributed by atoms with Crippen LogP contribution in [0.1, 0.15) is 55.2 Å². The fourth-order valence-electron chi connectivity index (χ4n) is 9.39. The number of piperazine rings is 1. The average Bonchev–Trinajstić information content (AvgIpc) is 3.83. The molecule has 0 radical (unpaired) electrons. The third-order valence-electron chi connectivity index (χ3n) is 11.9. The van der Waals surface area contributed by atoms with Crippen LogP contribution < -0.4 is 9.64 Å². The molecule has 0 spiro atoms. The molecule has 2 unspecified atom stereocenters. The number of halogens is 2. The lowest BCUT2D eigenvalue weighted by molar-refractivity contribution is -0.127. The number of fused-ring (bicyclic) bond motifs is 5. The Hall–Kier alpha value is -5.67. The number of nitrogens with zero attached hydrogens (tertiary/aromatic N) is 6. The van der Waals surface area contributed by atoms with E-state index in [0.29, 0.717) is 41.9 Å². The van der Waals surface area contributed by atoms with Crippen LogP contribution in [0.2, 0.25) is 0 Å². The first-order valence-corrected chi connectivity index (χ1v) is 18.5. The van der Waals surface area contributed by atoms with E-state index in [1.165, 1.54) is 30.5 Å². The quantitative estimate of drug-likeness (QED) is 0.147. The zero-order valence-electron chi connectivity index (χ0n) is 29.9. The number of carbonyl (C=O) groups is 1. The number of hydrogen-bond acceptors (Lipinski definition) is 9. The Kier molecular flexibility index (Phi) is 8.23. The summed E-state index contributed by atoms with van der Waals surface area (Å²) >= 11 is 0. The molecule has 3 aromatic carbocycles. The molecule has 0 aliphatic carbocycles. The molecule has 2 N–H and O–H groups in total. The van der Waals surface area contributed by atoms with Crippen LogP contribution >= 0.6 is 0 Å². The first kappa shape index (κ1) is 34.1. The van der Waals surface area contributed by atoms with Crippen molar-refractivity contribution in [1.82, 2.24) is 24.8 Å². The molecule has 0 saturated carbocycles. The fraction of sp³-hybridized carbons (Fsp3) is 0.357. The van der Waals surface area contributed by atoms with E-state index in [9.17, 15) is 14.3 Å². The van der Waals surface area contributed by atoms with E-state index in [1.807, 2.05) is 34.9 Å². The van der Waals surface area contributed by atoms with Crippen molar-refractivity contribution in [3.05, 3.63) is 83.1 Å². The Morgan fingerprint density at radius 2 is 1.83 bits per heavy atom. The lowest BCUT2D eigenvalue weighted by Gasteiger charge is -2.42. The van der Waals surface area contributed by atoms with Gasteiger partial charge in [0.25, 0.3) is 5.91 Å². The molecule has 274 valence electrons. The number of nitrogens with one attached hydrogen (secondary N) is 1. The van der Waals surface area contributed by atoms with Gasteiger partial charge < -0.3 is 19.6 Å². The minimum atomic E-state index is -0.787. The maximum atomic E-state index is 17.1. The topological polar surface area (TPSA) is 119 Å². The van der Waals surface area contributed by atoms with E-state index >= 15 is 4.39 Å². The van der Waals surface area contributed by atoms with Gasteiger partial charge in [0.1, 0.15) is 40.9 Å². The standard InChI is InChI=1S/C42H39F2N7O3/c1-3-30-33(43)12-9-25-18-29(52)19-31(34(25)30)37-35(44)38-32(20-46-37)39(48-41(47-38)54-23-42-13-5-15-50(42)16-6-14-42)49-21-27-10-11-28(22-49)51(27)40(53)36(45)26-8-4-7-24(2)17-26/h1,4,7-9,12,17-20,27-28,45,52H,5-6,10-11,13-16,21-23H2,2H3. The summed E-state index contributed by atoms with van der Waals surface area (Å²) in [5, 5.41) is 20.5. The summed E-state index contributed by atoms with van der Waals surface area (Å²) in [4.78, 5) is 34.3. The first-order chi connectivity index (χ1) is 26.1. The first-order valence-electron chi connectivity index (χ1n) is 18.5. The molecule has 4 aliphatic heterocycles. The van der Waals surface area contributed by atoms with Gasteiger partial charge in [-0.2, -0.15) is 9.97 Å². The highest BCUT2D eigenvalue weighted by Crippen LogP contribution is 2.42. The average molecular weight is 728 g/mol. The number of benzene rings is 3. The molecular weight excluding hydrogens is 689 g/mol. The number of anilines is 1. The molecule has 4 saturated heterocycles. The van der Waals surface area contributed by atoms with Crippen LogP contribution in [0, 0.1) is 36.3 Å². The van der Waals surface area contributed by atoms with Crippen molar-refractivity contribution >= 4 is 39.1 Å². The number of phenols is 1. The van der Waals surface area contributed by atoms with Crippen LogP contribution in [-0.2, 0) is 4.79 Å². The minimum Gasteiger partial charge on any atom is -0.508 e. The molecule has 12 heteroatoms. The Labute approximate surface area is 311 Å². The van der Waals surface area contributed by atoms with Crippen molar-refractivity contribution in [1.29, 1.82) is 5.41 Å². The number of aryl methyl sites for hydroxylation is 1. The molecule has 2 bridgehead atoms. The molecule has 9 rings (SSSR count). The van der Waals surface area contributed by atoms with E-state index < -0.39 is 11.6 Å². The van der Waals surface area contributed by atoms with Crippen molar-refractivity contribution in [2.45, 2.75) is 63.1 Å². The second-order valence-electron chi connectivity index (χ2n) is 15.1. The monoisotopic (exact) mass is 727 g/mol. The van der Waals surface area contributed by atoms with Crippen LogP contribution in [-0.4, -0.2) is 91.9 Å². The van der Waals surface area contributed by atoms with Gasteiger partial charge in [0.2, 0.25) is 0 Å². The fourth-order valence-corrected chi connectivity index (χ4v) is 9.39. The number of aromatic nitrogens is 3. The normalized spacial score (nSPS) is 20.4. The number of pyridine rings is 1. The molecule has 6 heterocycles. The van der Waals surface area contributed by atoms with Gasteiger partial charge in [-0.3, -0.25) is 20.1 Å². The van der Waals surface area contributed by atoms with E-state index in [2.05, 4.69) is 20.8 Å². The number of carbonyl (C=O) groups excluding carboxylic acids is 1. The number of terminal acetylenes is 1. The van der Waals surface area contributed by atoms with Gasteiger partial charge in [-0.15, -0.1) is 6.42 Å². The summed E-state index contributed by atoms with van der Waals surface area (Å²) in [7, 11) is 0. The Balaban J connectivity index is 1.12. The largest absolute Gasteiger partial charge is 0.508 e. The molecular formula is C42H39F2N7O3. The predicted molar refractivity (Wildman–Crippen MR) is 202 cm³/mol. The van der Waals surface area contributed by atoms with Gasteiger partial charge in [0, 0.05) is 35.8 Å². The summed E-state index contributed by atoms with van der Waals surface area (Å²) in [6, 6.07) is 12.6. The summed E-state index contributed by atoms with van der Waals surface area (Å²) < 4.78 is 38.5. The smallest absolute Gasteiger partial charge is 0.319 e. The summed E-state index contributed by atoms with van der Waals surface area (Å²) in [6.45, 7) is 5.17. The zero-order valence-corrected chi connectivity index (χ0v) is 29.9. The highest BCUT2D eigenvalue weighted by Gasteiger charge is 2.46. The Morgan fingerprint density at radius 3 is 2.56 bits per heavy atom. The third kappa shape index (κ3) is 5.52. The van der Waals surface area contributed by atoms with Crippen molar-refractivity contribution in [3.8, 4) is 35.4 Å². The second kappa shape index (κ2) is 13.0. The van der Waals surface area contributed by atoms with Gasteiger partial charge in [-0.1, -0.05) is 35.7 Å². The van der Waals surface area contributed by atoms with Crippen molar-refractivity contribution in [2.24, 2.45) is 0 Å². The predicted octanol–water partition coefficient (Wildman–Crippen LogP) is 6.37. The molecule has 5 aromatic rings. The highest BCUT2D eigenvalue weighted by atomic mass is 19.1. The van der Waals surface area contributed by atoms with Gasteiger partial charge in [-0.25, -0.2) is 8.78 Å². The number of ether oxygens (including phenoxy) is 1. The van der Waals surface area contributed by atoms with E-state index in [1.54, 1.807) is 6.07 Å². The molecule has 2 aromatic heterocycles. The van der Waals surface area contributed by atoms with Crippen LogP contribution in [0.5, 0.6) is 11.8 Å². The van der Waals surface area contributed by atoms with Gasteiger partial charge in [0.05, 0.1) is 28.6 Å². The van der Waals surface area contributed by atoms with Gasteiger partial charge in [0.15, 0.2) is 5.82 Å². The van der Waals surface area contributed by atoms with Crippen LogP contribution in [0.25, 0.3) is 32.9 Å². The second-order valence-corrected chi connectivity index (χ2v) is 15.1. The zero-order chi connectivity index (χ0) is 37.3. The summed E-state index contributed by atoms with van der Waals surface area (Å²) in [5.74, 6) is 0.930. The lowest BCUT2D eigenvalue weighted by Crippen LogP contribution is -2.57.